The van der Waals surface area contributed by atoms with Crippen molar-refractivity contribution in [2.45, 2.75) is 45.8 Å². The second-order valence-electron chi connectivity index (χ2n) is 9.07. The molecule has 0 aliphatic rings. The lowest BCUT2D eigenvalue weighted by Crippen LogP contribution is -3.00. The molecule has 7 heteroatoms. The standard InChI is InChI=1S/C29H40NO3P2.BrH/c1-5-32-35(31,33-6-2)29(3,4)30-24-16-17-25-34(26-18-10-7-11-19-26,27-20-12-8-13-21-27)28-22-14-9-15-23-28;/h7-15,18-23,30H,5-6,16-17,24-25H2,1-4H3;1H/q+1;/p-1. The lowest BCUT2D eigenvalue weighted by Gasteiger charge is -2.33. The zero-order valence-electron chi connectivity index (χ0n) is 21.9. The monoisotopic (exact) mass is 591 g/mol. The summed E-state index contributed by atoms with van der Waals surface area (Å²) in [5, 5.41) is 6.94. The maximum atomic E-state index is 13.3. The molecule has 0 heterocycles. The van der Waals surface area contributed by atoms with E-state index < -0.39 is 20.1 Å². The van der Waals surface area contributed by atoms with E-state index in [9.17, 15) is 4.57 Å². The van der Waals surface area contributed by atoms with E-state index in [1.165, 1.54) is 15.9 Å². The molecule has 0 atom stereocenters. The topological polar surface area (TPSA) is 47.6 Å². The van der Waals surface area contributed by atoms with Crippen LogP contribution in [-0.2, 0) is 13.6 Å². The normalized spacial score (nSPS) is 12.2. The SMILES string of the molecule is CCOP(=O)(OCC)C(C)(C)NCCCC[P+](c1ccccc1)(c1ccccc1)c1ccccc1.[Br-]. The van der Waals surface area contributed by atoms with Gasteiger partial charge in [-0.25, -0.2) is 0 Å². The van der Waals surface area contributed by atoms with E-state index in [2.05, 4.69) is 96.3 Å². The fourth-order valence-electron chi connectivity index (χ4n) is 4.55. The zero-order chi connectivity index (χ0) is 25.2. The summed E-state index contributed by atoms with van der Waals surface area (Å²) in [6.07, 6.45) is 3.08. The highest BCUT2D eigenvalue weighted by atomic mass is 79.9. The highest BCUT2D eigenvalue weighted by molar-refractivity contribution is 7.95. The van der Waals surface area contributed by atoms with Crippen molar-refractivity contribution in [1.82, 2.24) is 5.32 Å². The van der Waals surface area contributed by atoms with Gasteiger partial charge in [-0.2, -0.15) is 0 Å². The smallest absolute Gasteiger partial charge is 0.349 e. The van der Waals surface area contributed by atoms with Crippen LogP contribution in [0, 0.1) is 0 Å². The summed E-state index contributed by atoms with van der Waals surface area (Å²) < 4.78 is 24.5. The van der Waals surface area contributed by atoms with E-state index in [0.717, 1.165) is 25.5 Å². The molecule has 0 spiro atoms. The first-order valence-corrected chi connectivity index (χ1v) is 16.1. The van der Waals surface area contributed by atoms with Crippen LogP contribution in [-0.4, -0.2) is 31.2 Å². The number of hydrogen-bond donors (Lipinski definition) is 1. The summed E-state index contributed by atoms with van der Waals surface area (Å²) in [7, 11) is -5.07. The maximum Gasteiger partial charge on any atom is 0.349 e. The van der Waals surface area contributed by atoms with Crippen molar-refractivity contribution < 1.29 is 30.6 Å². The molecule has 0 unspecified atom stereocenters. The molecule has 0 radical (unpaired) electrons. The van der Waals surface area contributed by atoms with Crippen molar-refractivity contribution >= 4 is 30.8 Å². The van der Waals surface area contributed by atoms with Crippen molar-refractivity contribution in [3.05, 3.63) is 91.0 Å². The molecule has 0 saturated carbocycles. The fourth-order valence-corrected chi connectivity index (χ4v) is 10.7. The first-order chi connectivity index (χ1) is 16.9. The molecule has 0 aliphatic heterocycles. The van der Waals surface area contributed by atoms with Gasteiger partial charge in [0.15, 0.2) is 0 Å². The molecule has 0 fully saturated rings. The summed E-state index contributed by atoms with van der Waals surface area (Å²) in [6, 6.07) is 32.9. The third-order valence-electron chi connectivity index (χ3n) is 6.35. The van der Waals surface area contributed by atoms with Crippen LogP contribution in [0.2, 0.25) is 0 Å². The van der Waals surface area contributed by atoms with Crippen LogP contribution < -0.4 is 38.2 Å². The molecule has 196 valence electrons. The van der Waals surface area contributed by atoms with E-state index in [-0.39, 0.29) is 17.0 Å². The molecule has 4 nitrogen and oxygen atoms in total. The predicted molar refractivity (Wildman–Crippen MR) is 152 cm³/mol. The largest absolute Gasteiger partial charge is 1.00 e. The van der Waals surface area contributed by atoms with Crippen molar-refractivity contribution in [3.63, 3.8) is 0 Å². The predicted octanol–water partition coefficient (Wildman–Crippen LogP) is 3.36. The number of halogens is 1. The van der Waals surface area contributed by atoms with Gasteiger partial charge in [0, 0.05) is 0 Å². The lowest BCUT2D eigenvalue weighted by atomic mass is 10.3. The van der Waals surface area contributed by atoms with Crippen molar-refractivity contribution in [2.24, 2.45) is 0 Å². The summed E-state index contributed by atoms with van der Waals surface area (Å²) >= 11 is 0. The summed E-state index contributed by atoms with van der Waals surface area (Å²) in [5.41, 5.74) is 0. The maximum absolute atomic E-state index is 13.3. The lowest BCUT2D eigenvalue weighted by molar-refractivity contribution is -0.0000116. The summed E-state index contributed by atoms with van der Waals surface area (Å²) in [5.74, 6) is 0. The third kappa shape index (κ3) is 7.16. The fraction of sp³-hybridized carbons (Fsp3) is 0.379. The second-order valence-corrected chi connectivity index (χ2v) is 15.3. The molecule has 36 heavy (non-hydrogen) atoms. The van der Waals surface area contributed by atoms with Crippen LogP contribution >= 0.6 is 14.9 Å². The van der Waals surface area contributed by atoms with Crippen LogP contribution in [0.1, 0.15) is 40.5 Å². The highest BCUT2D eigenvalue weighted by Gasteiger charge is 2.45. The zero-order valence-corrected chi connectivity index (χ0v) is 25.3. The molecular formula is C29H40BrNO3P2. The molecule has 0 amide bonds. The summed E-state index contributed by atoms with van der Waals surface area (Å²) in [6.45, 7) is 8.99. The molecule has 0 aliphatic carbocycles. The molecule has 0 bridgehead atoms. The van der Waals surface area contributed by atoms with E-state index in [1.54, 1.807) is 0 Å². The van der Waals surface area contributed by atoms with Crippen molar-refractivity contribution in [3.8, 4) is 0 Å². The van der Waals surface area contributed by atoms with E-state index in [1.807, 2.05) is 27.7 Å². The quantitative estimate of drug-likeness (QED) is 0.231. The minimum absolute atomic E-state index is 0. The molecular weight excluding hydrogens is 552 g/mol. The highest BCUT2D eigenvalue weighted by Crippen LogP contribution is 2.58. The van der Waals surface area contributed by atoms with Gasteiger partial charge < -0.3 is 31.3 Å². The van der Waals surface area contributed by atoms with Crippen LogP contribution in [0.15, 0.2) is 91.0 Å². The van der Waals surface area contributed by atoms with Crippen LogP contribution in [0.25, 0.3) is 0 Å². The van der Waals surface area contributed by atoms with Crippen LogP contribution in [0.5, 0.6) is 0 Å². The van der Waals surface area contributed by atoms with E-state index >= 15 is 0 Å². The molecule has 0 aromatic heterocycles. The van der Waals surface area contributed by atoms with Gasteiger partial charge in [0.2, 0.25) is 0 Å². The third-order valence-corrected chi connectivity index (χ3v) is 13.6. The molecule has 3 aromatic carbocycles. The molecule has 1 N–H and O–H groups in total. The first-order valence-electron chi connectivity index (χ1n) is 12.6. The summed E-state index contributed by atoms with van der Waals surface area (Å²) in [4.78, 5) is 0. The number of nitrogens with one attached hydrogen (secondary N) is 1. The molecule has 3 aromatic rings. The van der Waals surface area contributed by atoms with Crippen LogP contribution in [0.3, 0.4) is 0 Å². The molecule has 3 rings (SSSR count). The van der Waals surface area contributed by atoms with Gasteiger partial charge in [-0.3, -0.25) is 4.57 Å². The first kappa shape index (κ1) is 30.9. The molecule has 0 saturated heterocycles. The Morgan fingerprint density at radius 2 is 1.11 bits per heavy atom. The van der Waals surface area contributed by atoms with Gasteiger partial charge in [-0.1, -0.05) is 54.6 Å². The van der Waals surface area contributed by atoms with Gasteiger partial charge in [0.1, 0.15) is 28.5 Å². The number of unbranched alkanes of at least 4 members (excludes halogenated alkanes) is 1. The van der Waals surface area contributed by atoms with Crippen LogP contribution in [0.4, 0.5) is 0 Å². The minimum Gasteiger partial charge on any atom is -1.00 e. The minimum atomic E-state index is -3.25. The Labute approximate surface area is 228 Å². The van der Waals surface area contributed by atoms with Crippen molar-refractivity contribution in [2.75, 3.05) is 25.9 Å². The van der Waals surface area contributed by atoms with Crippen molar-refractivity contribution in [1.29, 1.82) is 0 Å². The van der Waals surface area contributed by atoms with E-state index in [4.69, 9.17) is 9.05 Å². The Morgan fingerprint density at radius 3 is 1.47 bits per heavy atom. The average Bonchev–Trinajstić information content (AvgIpc) is 2.88. The van der Waals surface area contributed by atoms with Gasteiger partial charge in [-0.05, 0) is 83.5 Å². The van der Waals surface area contributed by atoms with Gasteiger partial charge >= 0.3 is 7.60 Å². The Balaban J connectivity index is 0.00000456. The Bertz CT molecular complexity index is 959. The Morgan fingerprint density at radius 1 is 0.722 bits per heavy atom. The van der Waals surface area contributed by atoms with E-state index in [0.29, 0.717) is 13.2 Å². The number of rotatable bonds is 14. The Hall–Kier alpha value is -1.32. The Kier molecular flexibility index (Phi) is 12.5. The van der Waals surface area contributed by atoms with Gasteiger partial charge in [0.25, 0.3) is 0 Å². The average molecular weight is 592 g/mol. The van der Waals surface area contributed by atoms with Gasteiger partial charge in [0.05, 0.1) is 19.4 Å². The number of benzene rings is 3. The number of hydrogen-bond acceptors (Lipinski definition) is 4. The van der Waals surface area contributed by atoms with Gasteiger partial charge in [-0.15, -0.1) is 0 Å². The second kappa shape index (κ2) is 14.6.